The first-order valence-corrected chi connectivity index (χ1v) is 5.87. The van der Waals surface area contributed by atoms with Gasteiger partial charge in [-0.1, -0.05) is 6.07 Å². The van der Waals surface area contributed by atoms with Gasteiger partial charge in [-0.15, -0.1) is 0 Å². The fourth-order valence-corrected chi connectivity index (χ4v) is 1.78. The van der Waals surface area contributed by atoms with E-state index in [4.69, 9.17) is 0 Å². The molecule has 0 bridgehead atoms. The molecule has 0 aliphatic carbocycles. The summed E-state index contributed by atoms with van der Waals surface area (Å²) in [5, 5.41) is 8.43. The van der Waals surface area contributed by atoms with Crippen LogP contribution in [-0.4, -0.2) is 35.9 Å². The van der Waals surface area contributed by atoms with E-state index in [0.717, 1.165) is 5.56 Å². The van der Waals surface area contributed by atoms with Gasteiger partial charge in [0.05, 0.1) is 12.6 Å². The van der Waals surface area contributed by atoms with Crippen molar-refractivity contribution in [2.45, 2.75) is 19.0 Å². The number of rotatable bonds is 3. The van der Waals surface area contributed by atoms with Crippen molar-refractivity contribution in [1.29, 1.82) is 0 Å². The molecule has 1 saturated heterocycles. The Labute approximate surface area is 105 Å². The molecule has 96 valence electrons. The molecule has 1 aromatic rings. The number of amides is 2. The molecule has 3 N–H and O–H groups in total. The second-order valence-corrected chi connectivity index (χ2v) is 4.25. The zero-order chi connectivity index (χ0) is 13.0. The van der Waals surface area contributed by atoms with Crippen molar-refractivity contribution in [3.05, 3.63) is 30.1 Å². The van der Waals surface area contributed by atoms with Crippen LogP contribution in [0.4, 0.5) is 0 Å². The van der Waals surface area contributed by atoms with E-state index in [1.54, 1.807) is 12.4 Å². The van der Waals surface area contributed by atoms with Gasteiger partial charge < -0.3 is 10.6 Å². The van der Waals surface area contributed by atoms with Crippen molar-refractivity contribution < 1.29 is 9.59 Å². The first kappa shape index (κ1) is 12.5. The van der Waals surface area contributed by atoms with Gasteiger partial charge in [0.1, 0.15) is 6.04 Å². The molecule has 0 spiro atoms. The summed E-state index contributed by atoms with van der Waals surface area (Å²) in [5.74, 6) is -0.203. The second-order valence-electron chi connectivity index (χ2n) is 4.25. The van der Waals surface area contributed by atoms with E-state index in [1.807, 2.05) is 19.1 Å². The van der Waals surface area contributed by atoms with Gasteiger partial charge in [0, 0.05) is 18.9 Å². The summed E-state index contributed by atoms with van der Waals surface area (Å²) in [4.78, 5) is 26.9. The molecule has 1 unspecified atom stereocenters. The number of carbonyl (C=O) groups excluding carboxylic acids is 2. The van der Waals surface area contributed by atoms with Crippen LogP contribution >= 0.6 is 0 Å². The van der Waals surface area contributed by atoms with Gasteiger partial charge in [-0.2, -0.15) is 0 Å². The number of nitrogens with one attached hydrogen (secondary N) is 3. The van der Waals surface area contributed by atoms with Crippen LogP contribution in [-0.2, 0) is 9.59 Å². The van der Waals surface area contributed by atoms with Crippen LogP contribution in [0.2, 0.25) is 0 Å². The van der Waals surface area contributed by atoms with E-state index in [2.05, 4.69) is 20.9 Å². The summed E-state index contributed by atoms with van der Waals surface area (Å²) in [6, 6.07) is 3.26. The summed E-state index contributed by atoms with van der Waals surface area (Å²) >= 11 is 0. The molecule has 0 saturated carbocycles. The Morgan fingerprint density at radius 2 is 2.44 bits per heavy atom. The number of hydrogen-bond acceptors (Lipinski definition) is 4. The molecule has 0 radical (unpaired) electrons. The van der Waals surface area contributed by atoms with E-state index in [1.165, 1.54) is 0 Å². The summed E-state index contributed by atoms with van der Waals surface area (Å²) in [6.45, 7) is 2.40. The van der Waals surface area contributed by atoms with Crippen molar-refractivity contribution in [1.82, 2.24) is 20.9 Å². The number of hydrogen-bond donors (Lipinski definition) is 3. The quantitative estimate of drug-likeness (QED) is 0.663. The Kier molecular flexibility index (Phi) is 3.88. The monoisotopic (exact) mass is 248 g/mol. The predicted molar refractivity (Wildman–Crippen MR) is 65.6 cm³/mol. The van der Waals surface area contributed by atoms with Gasteiger partial charge in [-0.25, -0.2) is 0 Å². The molecule has 0 aromatic carbocycles. The lowest BCUT2D eigenvalue weighted by atomic mass is 10.1. The van der Waals surface area contributed by atoms with Crippen molar-refractivity contribution in [2.75, 3.05) is 13.1 Å². The molecule has 2 rings (SSSR count). The minimum atomic E-state index is -0.373. The first-order valence-electron chi connectivity index (χ1n) is 5.87. The molecule has 6 heteroatoms. The Morgan fingerprint density at radius 1 is 1.61 bits per heavy atom. The van der Waals surface area contributed by atoms with Crippen LogP contribution in [0.25, 0.3) is 0 Å². The van der Waals surface area contributed by atoms with E-state index in [-0.39, 0.29) is 30.4 Å². The topological polar surface area (TPSA) is 83.1 Å². The fourth-order valence-electron chi connectivity index (χ4n) is 1.78. The van der Waals surface area contributed by atoms with Gasteiger partial charge in [0.2, 0.25) is 11.8 Å². The van der Waals surface area contributed by atoms with E-state index in [9.17, 15) is 9.59 Å². The molecule has 1 aromatic heterocycles. The average Bonchev–Trinajstić information content (AvgIpc) is 2.40. The maximum Gasteiger partial charge on any atom is 0.239 e. The lowest BCUT2D eigenvalue weighted by Crippen LogP contribution is -2.58. The highest BCUT2D eigenvalue weighted by molar-refractivity contribution is 5.86. The van der Waals surface area contributed by atoms with Gasteiger partial charge in [0.25, 0.3) is 0 Å². The maximum atomic E-state index is 11.9. The Hall–Kier alpha value is -1.95. The molecule has 1 aliphatic rings. The molecule has 18 heavy (non-hydrogen) atoms. The highest BCUT2D eigenvalue weighted by atomic mass is 16.2. The number of pyridine rings is 1. The van der Waals surface area contributed by atoms with E-state index in [0.29, 0.717) is 6.54 Å². The Bertz CT molecular complexity index is 425. The summed E-state index contributed by atoms with van der Waals surface area (Å²) in [6.07, 6.45) is 3.41. The number of piperazine rings is 1. The summed E-state index contributed by atoms with van der Waals surface area (Å²) in [7, 11) is 0. The van der Waals surface area contributed by atoms with Crippen LogP contribution in [0.3, 0.4) is 0 Å². The van der Waals surface area contributed by atoms with Crippen LogP contribution in [0.15, 0.2) is 24.5 Å². The molecule has 2 amide bonds. The van der Waals surface area contributed by atoms with Crippen LogP contribution in [0.1, 0.15) is 18.5 Å². The van der Waals surface area contributed by atoms with Gasteiger partial charge >= 0.3 is 0 Å². The van der Waals surface area contributed by atoms with Crippen molar-refractivity contribution in [3.8, 4) is 0 Å². The van der Waals surface area contributed by atoms with Gasteiger partial charge in [-0.05, 0) is 18.6 Å². The molecule has 2 atom stereocenters. The number of aromatic nitrogens is 1. The van der Waals surface area contributed by atoms with Crippen molar-refractivity contribution >= 4 is 11.8 Å². The van der Waals surface area contributed by atoms with Crippen LogP contribution in [0.5, 0.6) is 0 Å². The maximum absolute atomic E-state index is 11.9. The molecule has 6 nitrogen and oxygen atoms in total. The average molecular weight is 248 g/mol. The lowest BCUT2D eigenvalue weighted by molar-refractivity contribution is -0.127. The molecular weight excluding hydrogens is 232 g/mol. The third-order valence-corrected chi connectivity index (χ3v) is 2.87. The first-order chi connectivity index (χ1) is 8.66. The SMILES string of the molecule is C[C@H](NC(=O)C1CNC(=O)CN1)c1cccnc1. The largest absolute Gasteiger partial charge is 0.353 e. The highest BCUT2D eigenvalue weighted by Crippen LogP contribution is 2.09. The number of nitrogens with zero attached hydrogens (tertiary/aromatic N) is 1. The van der Waals surface area contributed by atoms with Crippen molar-refractivity contribution in [2.24, 2.45) is 0 Å². The Balaban J connectivity index is 1.89. The molecule has 2 heterocycles. The fraction of sp³-hybridized carbons (Fsp3) is 0.417. The minimum Gasteiger partial charge on any atom is -0.353 e. The van der Waals surface area contributed by atoms with Gasteiger partial charge in [0.15, 0.2) is 0 Å². The van der Waals surface area contributed by atoms with Crippen LogP contribution < -0.4 is 16.0 Å². The normalized spacial score (nSPS) is 20.9. The molecule has 1 fully saturated rings. The lowest BCUT2D eigenvalue weighted by Gasteiger charge is -2.25. The zero-order valence-corrected chi connectivity index (χ0v) is 10.1. The Morgan fingerprint density at radius 3 is 3.06 bits per heavy atom. The number of carbonyl (C=O) groups is 2. The van der Waals surface area contributed by atoms with Crippen molar-refractivity contribution in [3.63, 3.8) is 0 Å². The second kappa shape index (κ2) is 5.59. The minimum absolute atomic E-state index is 0.0839. The summed E-state index contributed by atoms with van der Waals surface area (Å²) < 4.78 is 0. The zero-order valence-electron chi connectivity index (χ0n) is 10.1. The van der Waals surface area contributed by atoms with E-state index < -0.39 is 0 Å². The van der Waals surface area contributed by atoms with Crippen LogP contribution in [0, 0.1) is 0 Å². The standard InChI is InChI=1S/C12H16N4O2/c1-8(9-3-2-4-13-5-9)16-12(18)10-6-15-11(17)7-14-10/h2-5,8,10,14H,6-7H2,1H3,(H,15,17)(H,16,18)/t8-,10?/m0/s1. The molecular formula is C12H16N4O2. The summed E-state index contributed by atoms with van der Waals surface area (Å²) in [5.41, 5.74) is 0.950. The third kappa shape index (κ3) is 3.04. The third-order valence-electron chi connectivity index (χ3n) is 2.87. The smallest absolute Gasteiger partial charge is 0.239 e. The van der Waals surface area contributed by atoms with Gasteiger partial charge in [-0.3, -0.25) is 19.9 Å². The predicted octanol–water partition coefficient (Wildman–Crippen LogP) is -0.653. The molecule has 1 aliphatic heterocycles. The van der Waals surface area contributed by atoms with E-state index >= 15 is 0 Å². The highest BCUT2D eigenvalue weighted by Gasteiger charge is 2.24.